The minimum absolute atomic E-state index is 0.0203. The fraction of sp³-hybridized carbons (Fsp3) is 0.250. The highest BCUT2D eigenvalue weighted by molar-refractivity contribution is 8.00. The van der Waals surface area contributed by atoms with Gasteiger partial charge in [0, 0.05) is 24.8 Å². The van der Waals surface area contributed by atoms with Crippen LogP contribution in [0.4, 0.5) is 10.2 Å². The number of benzene rings is 2. The third kappa shape index (κ3) is 7.09. The molecule has 1 unspecified atom stereocenters. The number of carbonyl (C=O) groups excluding carboxylic acids is 2. The van der Waals surface area contributed by atoms with E-state index in [9.17, 15) is 38.6 Å². The lowest BCUT2D eigenvalue weighted by Crippen LogP contribution is -2.30. The molecule has 0 radical (unpaired) electrons. The molecule has 1 amide bonds. The fourth-order valence-corrected chi connectivity index (χ4v) is 5.83. The van der Waals surface area contributed by atoms with E-state index in [1.807, 2.05) is 0 Å². The van der Waals surface area contributed by atoms with Crippen LogP contribution in [0.2, 0.25) is 0 Å². The molecule has 3 atom stereocenters. The van der Waals surface area contributed by atoms with Crippen LogP contribution >= 0.6 is 11.8 Å². The van der Waals surface area contributed by atoms with Crippen LogP contribution in [0.25, 0.3) is 21.9 Å². The molecule has 3 N–H and O–H groups in total. The van der Waals surface area contributed by atoms with E-state index in [1.54, 1.807) is 6.07 Å². The van der Waals surface area contributed by atoms with Crippen LogP contribution in [0.15, 0.2) is 77.9 Å². The normalized spacial score (nSPS) is 16.5. The number of halogens is 1. The second-order valence-electron chi connectivity index (χ2n) is 10.7. The largest absolute Gasteiger partial charge is 0.490 e. The molecule has 0 saturated carbocycles. The van der Waals surface area contributed by atoms with Crippen molar-refractivity contribution in [3.63, 3.8) is 0 Å². The first-order chi connectivity index (χ1) is 23.5. The molecule has 1 aliphatic heterocycles. The average Bonchev–Trinajstić information content (AvgIpc) is 3.56. The van der Waals surface area contributed by atoms with Gasteiger partial charge in [-0.25, -0.2) is 9.18 Å². The molecule has 1 aliphatic rings. The van der Waals surface area contributed by atoms with Gasteiger partial charge in [0.1, 0.15) is 64.4 Å². The van der Waals surface area contributed by atoms with Crippen molar-refractivity contribution in [2.45, 2.75) is 24.7 Å². The van der Waals surface area contributed by atoms with E-state index in [-0.39, 0.29) is 64.8 Å². The van der Waals surface area contributed by atoms with E-state index in [2.05, 4.69) is 10.3 Å². The van der Waals surface area contributed by atoms with Crippen molar-refractivity contribution in [3.8, 4) is 11.5 Å². The second kappa shape index (κ2) is 14.0. The number of aliphatic hydroxyl groups excluding tert-OH is 2. The second-order valence-corrected chi connectivity index (χ2v) is 11.9. The van der Waals surface area contributed by atoms with Crippen molar-refractivity contribution in [3.05, 3.63) is 103 Å². The fourth-order valence-electron chi connectivity index (χ4n) is 4.90. The van der Waals surface area contributed by atoms with Gasteiger partial charge >= 0.3 is 5.69 Å². The molecule has 49 heavy (non-hydrogen) atoms. The molecule has 17 heteroatoms. The first-order valence-corrected chi connectivity index (χ1v) is 15.6. The van der Waals surface area contributed by atoms with Crippen molar-refractivity contribution in [1.29, 1.82) is 0 Å². The molecule has 0 aliphatic carbocycles. The van der Waals surface area contributed by atoms with Gasteiger partial charge in [-0.05, 0) is 24.3 Å². The summed E-state index contributed by atoms with van der Waals surface area (Å²) in [4.78, 5) is 66.3. The van der Waals surface area contributed by atoms with E-state index in [1.165, 1.54) is 49.0 Å². The van der Waals surface area contributed by atoms with Crippen molar-refractivity contribution in [1.82, 2.24) is 9.55 Å². The van der Waals surface area contributed by atoms with Gasteiger partial charge in [-0.2, -0.15) is 4.98 Å². The summed E-state index contributed by atoms with van der Waals surface area (Å²) in [5.74, 6) is -3.43. The van der Waals surface area contributed by atoms with Crippen LogP contribution in [0.5, 0.6) is 11.5 Å². The number of ether oxygens (including phenoxy) is 3. The van der Waals surface area contributed by atoms with Crippen LogP contribution in [0.1, 0.15) is 34.3 Å². The molecule has 5 aromatic rings. The predicted molar refractivity (Wildman–Crippen MR) is 172 cm³/mol. The third-order valence-electron chi connectivity index (χ3n) is 7.20. The van der Waals surface area contributed by atoms with Crippen LogP contribution in [-0.2, 0) is 4.74 Å². The Hall–Kier alpha value is -5.36. The Morgan fingerprint density at radius 1 is 1.02 bits per heavy atom. The first kappa shape index (κ1) is 33.5. The molecule has 2 aromatic carbocycles. The monoisotopic (exact) mass is 695 g/mol. The van der Waals surface area contributed by atoms with E-state index in [0.717, 1.165) is 22.9 Å². The highest BCUT2D eigenvalue weighted by Gasteiger charge is 2.29. The number of carbonyl (C=O) groups is 2. The number of hydrogen-bond acceptors (Lipinski definition) is 14. The van der Waals surface area contributed by atoms with Crippen molar-refractivity contribution >= 4 is 51.2 Å². The SMILES string of the molecule is CC(=O)c1cc(=O)c2c(OCC(O)COc3cccc4oc(C(=O)Nc5nc(=O)n([C@H]6CS[C@@H](CO)O6)cc5F)cc(=O)c34)cccc2o1. The third-order valence-corrected chi connectivity index (χ3v) is 8.31. The van der Waals surface area contributed by atoms with Crippen LogP contribution in [-0.4, -0.2) is 68.6 Å². The molecule has 1 saturated heterocycles. The molecule has 254 valence electrons. The lowest BCUT2D eigenvalue weighted by atomic mass is 10.2. The van der Waals surface area contributed by atoms with E-state index < -0.39 is 63.4 Å². The molecule has 6 rings (SSSR count). The zero-order valence-electron chi connectivity index (χ0n) is 25.4. The number of rotatable bonds is 11. The maximum absolute atomic E-state index is 14.8. The van der Waals surface area contributed by atoms with Crippen LogP contribution in [0, 0.1) is 5.82 Å². The van der Waals surface area contributed by atoms with Crippen molar-refractivity contribution in [2.24, 2.45) is 0 Å². The minimum atomic E-state index is -1.24. The molecule has 3 aromatic heterocycles. The maximum atomic E-state index is 14.8. The highest BCUT2D eigenvalue weighted by atomic mass is 32.2. The first-order valence-electron chi connectivity index (χ1n) is 14.6. The Morgan fingerprint density at radius 3 is 2.18 bits per heavy atom. The summed E-state index contributed by atoms with van der Waals surface area (Å²) in [6.07, 6.45) is -1.28. The van der Waals surface area contributed by atoms with Crippen LogP contribution < -0.4 is 31.3 Å². The Morgan fingerprint density at radius 2 is 1.61 bits per heavy atom. The van der Waals surface area contributed by atoms with Gasteiger partial charge in [0.2, 0.25) is 0 Å². The van der Waals surface area contributed by atoms with E-state index >= 15 is 0 Å². The van der Waals surface area contributed by atoms with Gasteiger partial charge < -0.3 is 38.6 Å². The zero-order chi connectivity index (χ0) is 34.8. The molecule has 1 fully saturated rings. The summed E-state index contributed by atoms with van der Waals surface area (Å²) < 4.78 is 43.6. The summed E-state index contributed by atoms with van der Waals surface area (Å²) in [6, 6.07) is 10.8. The Labute approximate surface area is 277 Å². The zero-order valence-corrected chi connectivity index (χ0v) is 26.2. The number of nitrogens with one attached hydrogen (secondary N) is 1. The Balaban J connectivity index is 1.13. The smallest absolute Gasteiger partial charge is 0.351 e. The maximum Gasteiger partial charge on any atom is 0.351 e. The summed E-state index contributed by atoms with van der Waals surface area (Å²) >= 11 is 1.24. The van der Waals surface area contributed by atoms with Crippen molar-refractivity contribution in [2.75, 3.05) is 30.9 Å². The molecule has 4 heterocycles. The summed E-state index contributed by atoms with van der Waals surface area (Å²) in [6.45, 7) is 0.310. The Bertz CT molecular complexity index is 2270. The Kier molecular flexibility index (Phi) is 9.59. The average molecular weight is 696 g/mol. The number of aliphatic hydroxyl groups is 2. The number of hydrogen-bond donors (Lipinski definition) is 3. The molecular formula is C32H26FN3O12S. The van der Waals surface area contributed by atoms with E-state index in [0.29, 0.717) is 0 Å². The summed E-state index contributed by atoms with van der Waals surface area (Å²) in [5.41, 5.74) is -2.61. The number of nitrogens with zero attached hydrogens (tertiary/aromatic N) is 2. The number of anilines is 1. The number of ketones is 1. The van der Waals surface area contributed by atoms with Crippen LogP contribution in [0.3, 0.4) is 0 Å². The topological polar surface area (TPSA) is 210 Å². The summed E-state index contributed by atoms with van der Waals surface area (Å²) in [5, 5.41) is 21.9. The van der Waals surface area contributed by atoms with Gasteiger partial charge in [0.15, 0.2) is 39.8 Å². The highest BCUT2D eigenvalue weighted by Crippen LogP contribution is 2.31. The molecular weight excluding hydrogens is 669 g/mol. The number of Topliss-reactive ketones (excluding diaryl/α,β-unsaturated/α-hetero) is 1. The quantitative estimate of drug-likeness (QED) is 0.170. The van der Waals surface area contributed by atoms with E-state index in [4.69, 9.17) is 23.0 Å². The number of thioether (sulfide) groups is 1. The van der Waals surface area contributed by atoms with Gasteiger partial charge in [0.05, 0.1) is 12.8 Å². The number of aromatic nitrogens is 2. The standard InChI is InChI=1S/C32H26FN3O12S/c1-15(38)24-8-18(40)28-20(4-2-6-22(28)46-24)44-12-16(39)13-45-21-5-3-7-23-29(21)19(41)9-25(47-23)31(42)34-30-17(33)10-36(32(43)35-30)26-14-49-27(11-37)48-26/h2-10,16,26-27,37,39H,11-14H2,1H3,(H,34,35,42,43)/t16?,26-,27+/m1/s1. The van der Waals surface area contributed by atoms with Crippen molar-refractivity contribution < 1.29 is 47.2 Å². The molecule has 15 nitrogen and oxygen atoms in total. The number of amides is 1. The molecule has 0 spiro atoms. The molecule has 0 bridgehead atoms. The van der Waals surface area contributed by atoms with Gasteiger partial charge in [-0.3, -0.25) is 23.7 Å². The lowest BCUT2D eigenvalue weighted by molar-refractivity contribution is -0.00677. The van der Waals surface area contributed by atoms with Gasteiger partial charge in [-0.15, -0.1) is 11.8 Å². The summed E-state index contributed by atoms with van der Waals surface area (Å²) in [7, 11) is 0. The predicted octanol–water partition coefficient (Wildman–Crippen LogP) is 2.45. The van der Waals surface area contributed by atoms with Gasteiger partial charge in [0.25, 0.3) is 5.91 Å². The minimum Gasteiger partial charge on any atom is -0.490 e. The van der Waals surface area contributed by atoms with Gasteiger partial charge in [-0.1, -0.05) is 12.1 Å². The number of fused-ring (bicyclic) bond motifs is 2. The lowest BCUT2D eigenvalue weighted by Gasteiger charge is -2.15.